The van der Waals surface area contributed by atoms with Crippen molar-refractivity contribution in [2.75, 3.05) is 5.32 Å². The lowest BCUT2D eigenvalue weighted by Crippen LogP contribution is -2.08. The van der Waals surface area contributed by atoms with E-state index < -0.39 is 11.6 Å². The zero-order chi connectivity index (χ0) is 14.0. The lowest BCUT2D eigenvalue weighted by Gasteiger charge is -2.18. The number of hydrogen-bond donors (Lipinski definition) is 1. The van der Waals surface area contributed by atoms with Crippen LogP contribution in [0.1, 0.15) is 29.7 Å². The molecule has 0 aliphatic heterocycles. The summed E-state index contributed by atoms with van der Waals surface area (Å²) in [5, 5.41) is 3.32. The quantitative estimate of drug-likeness (QED) is 0.840. The van der Waals surface area contributed by atoms with Gasteiger partial charge in [0.2, 0.25) is 0 Å². The molecule has 0 fully saturated rings. The van der Waals surface area contributed by atoms with Crippen LogP contribution >= 0.6 is 0 Å². The molecule has 0 aliphatic carbocycles. The Morgan fingerprint density at radius 1 is 1.00 bits per heavy atom. The van der Waals surface area contributed by atoms with E-state index in [9.17, 15) is 8.78 Å². The highest BCUT2D eigenvalue weighted by molar-refractivity contribution is 5.54. The molecule has 0 saturated heterocycles. The maximum atomic E-state index is 13.2. The van der Waals surface area contributed by atoms with Crippen molar-refractivity contribution in [3.8, 4) is 0 Å². The van der Waals surface area contributed by atoms with Gasteiger partial charge in [-0.1, -0.05) is 18.2 Å². The van der Waals surface area contributed by atoms with Gasteiger partial charge in [-0.15, -0.1) is 0 Å². The molecule has 0 heterocycles. The van der Waals surface area contributed by atoms with Crippen LogP contribution in [0.25, 0.3) is 0 Å². The van der Waals surface area contributed by atoms with Gasteiger partial charge < -0.3 is 5.32 Å². The average Bonchev–Trinajstić information content (AvgIpc) is 2.38. The number of aryl methyl sites for hydroxylation is 1. The molecule has 2 aromatic rings. The third-order valence-electron chi connectivity index (χ3n) is 3.42. The summed E-state index contributed by atoms with van der Waals surface area (Å²) in [6, 6.07) is 9.91. The predicted molar refractivity (Wildman–Crippen MR) is 74.3 cm³/mol. The van der Waals surface area contributed by atoms with Crippen LogP contribution in [0.3, 0.4) is 0 Å². The maximum absolute atomic E-state index is 13.2. The summed E-state index contributed by atoms with van der Waals surface area (Å²) >= 11 is 0. The number of anilines is 1. The molecule has 1 atom stereocenters. The smallest absolute Gasteiger partial charge is 0.159 e. The van der Waals surface area contributed by atoms with E-state index in [-0.39, 0.29) is 6.04 Å². The third-order valence-corrected chi connectivity index (χ3v) is 3.42. The van der Waals surface area contributed by atoms with Crippen molar-refractivity contribution in [3.63, 3.8) is 0 Å². The summed E-state index contributed by atoms with van der Waals surface area (Å²) in [6.45, 7) is 6.01. The first-order chi connectivity index (χ1) is 8.99. The average molecular weight is 261 g/mol. The Bertz CT molecular complexity index is 593. The minimum atomic E-state index is -0.817. The molecule has 0 spiro atoms. The van der Waals surface area contributed by atoms with Crippen LogP contribution in [-0.4, -0.2) is 0 Å². The van der Waals surface area contributed by atoms with E-state index in [4.69, 9.17) is 0 Å². The van der Waals surface area contributed by atoms with E-state index in [0.29, 0.717) is 0 Å². The largest absolute Gasteiger partial charge is 0.378 e. The fraction of sp³-hybridized carbons (Fsp3) is 0.250. The second-order valence-corrected chi connectivity index (χ2v) is 4.79. The highest BCUT2D eigenvalue weighted by Gasteiger charge is 2.10. The van der Waals surface area contributed by atoms with Crippen LogP contribution in [0.4, 0.5) is 14.5 Å². The van der Waals surface area contributed by atoms with Crippen molar-refractivity contribution in [2.24, 2.45) is 0 Å². The highest BCUT2D eigenvalue weighted by atomic mass is 19.2. The van der Waals surface area contributed by atoms with Gasteiger partial charge in [0.25, 0.3) is 0 Å². The zero-order valence-electron chi connectivity index (χ0n) is 11.3. The van der Waals surface area contributed by atoms with E-state index in [1.165, 1.54) is 11.6 Å². The molecule has 1 unspecified atom stereocenters. The first-order valence-electron chi connectivity index (χ1n) is 6.26. The number of hydrogen-bond acceptors (Lipinski definition) is 1. The van der Waals surface area contributed by atoms with Gasteiger partial charge in [0.15, 0.2) is 11.6 Å². The Morgan fingerprint density at radius 2 is 1.74 bits per heavy atom. The van der Waals surface area contributed by atoms with Crippen molar-refractivity contribution in [1.29, 1.82) is 0 Å². The van der Waals surface area contributed by atoms with Crippen LogP contribution in [0.2, 0.25) is 0 Å². The number of halogens is 2. The Kier molecular flexibility index (Phi) is 3.84. The molecule has 0 radical (unpaired) electrons. The number of nitrogens with one attached hydrogen (secondary N) is 1. The molecule has 0 bridgehead atoms. The SMILES string of the molecule is Cc1cccc(NC(C)c2ccc(F)c(F)c2)c1C. The molecular weight excluding hydrogens is 244 g/mol. The van der Waals surface area contributed by atoms with Crippen LogP contribution < -0.4 is 5.32 Å². The van der Waals surface area contributed by atoms with Crippen LogP contribution in [-0.2, 0) is 0 Å². The highest BCUT2D eigenvalue weighted by Crippen LogP contribution is 2.24. The van der Waals surface area contributed by atoms with Crippen LogP contribution in [0, 0.1) is 25.5 Å². The molecule has 0 aromatic heterocycles. The summed E-state index contributed by atoms with van der Waals surface area (Å²) in [4.78, 5) is 0. The van der Waals surface area contributed by atoms with Crippen LogP contribution in [0.15, 0.2) is 36.4 Å². The normalized spacial score (nSPS) is 12.3. The van der Waals surface area contributed by atoms with Gasteiger partial charge in [-0.05, 0) is 55.7 Å². The van der Waals surface area contributed by atoms with Gasteiger partial charge in [-0.2, -0.15) is 0 Å². The fourth-order valence-electron chi connectivity index (χ4n) is 2.01. The molecule has 2 aromatic carbocycles. The van der Waals surface area contributed by atoms with Gasteiger partial charge in [-0.25, -0.2) is 8.78 Å². The molecule has 0 saturated carbocycles. The second-order valence-electron chi connectivity index (χ2n) is 4.79. The second kappa shape index (κ2) is 5.39. The summed E-state index contributed by atoms with van der Waals surface area (Å²) in [5.74, 6) is -1.63. The molecule has 1 nitrogen and oxygen atoms in total. The molecule has 3 heteroatoms. The van der Waals surface area contributed by atoms with Gasteiger partial charge in [0, 0.05) is 11.7 Å². The monoisotopic (exact) mass is 261 g/mol. The van der Waals surface area contributed by atoms with E-state index >= 15 is 0 Å². The summed E-state index contributed by atoms with van der Waals surface area (Å²) in [7, 11) is 0. The first-order valence-corrected chi connectivity index (χ1v) is 6.26. The molecular formula is C16H17F2N. The first kappa shape index (κ1) is 13.5. The molecule has 1 N–H and O–H groups in total. The lowest BCUT2D eigenvalue weighted by molar-refractivity contribution is 0.506. The maximum Gasteiger partial charge on any atom is 0.159 e. The van der Waals surface area contributed by atoms with Gasteiger partial charge in [-0.3, -0.25) is 0 Å². The minimum absolute atomic E-state index is 0.0874. The van der Waals surface area contributed by atoms with E-state index in [2.05, 4.69) is 5.32 Å². The van der Waals surface area contributed by atoms with Crippen molar-refractivity contribution in [3.05, 3.63) is 64.7 Å². The van der Waals surface area contributed by atoms with Crippen molar-refractivity contribution in [2.45, 2.75) is 26.8 Å². The van der Waals surface area contributed by atoms with E-state index in [0.717, 1.165) is 22.9 Å². The Labute approximate surface area is 112 Å². The lowest BCUT2D eigenvalue weighted by atomic mass is 10.0. The molecule has 2 rings (SSSR count). The fourth-order valence-corrected chi connectivity index (χ4v) is 2.01. The number of benzene rings is 2. The van der Waals surface area contributed by atoms with E-state index in [1.54, 1.807) is 6.07 Å². The summed E-state index contributed by atoms with van der Waals surface area (Å²) in [6.07, 6.45) is 0. The van der Waals surface area contributed by atoms with Crippen molar-refractivity contribution in [1.82, 2.24) is 0 Å². The minimum Gasteiger partial charge on any atom is -0.378 e. The van der Waals surface area contributed by atoms with Gasteiger partial charge >= 0.3 is 0 Å². The Morgan fingerprint density at radius 3 is 2.42 bits per heavy atom. The third kappa shape index (κ3) is 2.92. The molecule has 0 amide bonds. The molecule has 0 aliphatic rings. The molecule has 19 heavy (non-hydrogen) atoms. The summed E-state index contributed by atoms with van der Waals surface area (Å²) in [5.41, 5.74) is 4.09. The zero-order valence-corrected chi connectivity index (χ0v) is 11.3. The number of rotatable bonds is 3. The van der Waals surface area contributed by atoms with Gasteiger partial charge in [0.05, 0.1) is 0 Å². The topological polar surface area (TPSA) is 12.0 Å². The van der Waals surface area contributed by atoms with Crippen LogP contribution in [0.5, 0.6) is 0 Å². The van der Waals surface area contributed by atoms with Gasteiger partial charge in [0.1, 0.15) is 0 Å². The van der Waals surface area contributed by atoms with Crippen molar-refractivity contribution >= 4 is 5.69 Å². The molecule has 100 valence electrons. The Balaban J connectivity index is 2.23. The van der Waals surface area contributed by atoms with E-state index in [1.807, 2.05) is 39.0 Å². The Hall–Kier alpha value is -1.90. The standard InChI is InChI=1S/C16H17F2N/c1-10-5-4-6-16(11(10)2)19-12(3)13-7-8-14(17)15(18)9-13/h4-9,12,19H,1-3H3. The van der Waals surface area contributed by atoms with Crippen molar-refractivity contribution < 1.29 is 8.78 Å². The summed E-state index contributed by atoms with van der Waals surface area (Å²) < 4.78 is 26.1. The predicted octanol–water partition coefficient (Wildman–Crippen LogP) is 4.75.